The lowest BCUT2D eigenvalue weighted by Gasteiger charge is -2.13. The van der Waals surface area contributed by atoms with Gasteiger partial charge in [-0.2, -0.15) is 4.57 Å². The van der Waals surface area contributed by atoms with E-state index in [0.29, 0.717) is 6.04 Å². The van der Waals surface area contributed by atoms with Gasteiger partial charge in [0.05, 0.1) is 12.3 Å². The molecule has 0 amide bonds. The van der Waals surface area contributed by atoms with Gasteiger partial charge in [-0.05, 0) is 77.6 Å². The average Bonchev–Trinajstić information content (AvgIpc) is 3.20. The number of hydrogen-bond acceptors (Lipinski definition) is 0. The molecule has 0 N–H and O–H groups in total. The second kappa shape index (κ2) is 6.60. The predicted octanol–water partition coefficient (Wildman–Crippen LogP) is 6.10. The van der Waals surface area contributed by atoms with Gasteiger partial charge in [-0.1, -0.05) is 42.5 Å². The Kier molecular flexibility index (Phi) is 3.78. The lowest BCUT2D eigenvalue weighted by Crippen LogP contribution is -2.35. The molecule has 0 bridgehead atoms. The molecule has 4 aromatic rings. The molecule has 1 heterocycles. The monoisotopic (exact) mass is 365 g/mol. The van der Waals surface area contributed by atoms with Gasteiger partial charge in [-0.25, -0.2) is 0 Å². The largest absolute Gasteiger partial charge is 0.220 e. The minimum absolute atomic E-state index is 0.614. The highest BCUT2D eigenvalue weighted by atomic mass is 14.9. The molecule has 0 spiro atoms. The lowest BCUT2D eigenvalue weighted by molar-refractivity contribution is -0.665. The summed E-state index contributed by atoms with van der Waals surface area (Å²) in [7, 11) is 2.10. The van der Waals surface area contributed by atoms with E-state index in [0.717, 1.165) is 22.0 Å². The van der Waals surface area contributed by atoms with Crippen LogP contribution in [0.4, 0.5) is 0 Å². The summed E-state index contributed by atoms with van der Waals surface area (Å²) in [6.07, 6.45) is 3.64. The Hall–Kier alpha value is -2.93. The van der Waals surface area contributed by atoms with Crippen LogP contribution in [0.15, 0.2) is 66.7 Å². The zero-order chi connectivity index (χ0) is 20.1. The van der Waals surface area contributed by atoms with Crippen LogP contribution in [-0.2, 0) is 19.9 Å². The summed E-state index contributed by atoms with van der Waals surface area (Å²) in [5.41, 5.74) is 10.2. The first kappa shape index (κ1) is 16.1. The van der Waals surface area contributed by atoms with Crippen LogP contribution in [0.3, 0.4) is 0 Å². The molecule has 0 radical (unpaired) electrons. The number of rotatable bonds is 2. The molecular weight excluding hydrogens is 338 g/mol. The number of aromatic nitrogens is 1. The van der Waals surface area contributed by atoms with E-state index in [1.54, 1.807) is 0 Å². The average molecular weight is 366 g/mol. The zero-order valence-electron chi connectivity index (χ0n) is 17.8. The number of pyridine rings is 1. The molecule has 3 aromatic carbocycles. The predicted molar refractivity (Wildman–Crippen MR) is 117 cm³/mol. The SMILES string of the molecule is [2H]c1c(C)[n+](C)c(-c2cc3c(cc2C)CCC3)c2ccc(-c3ccccc3)cc12. The number of hydrogen-bond donors (Lipinski definition) is 0. The second-order valence-corrected chi connectivity index (χ2v) is 8.03. The van der Waals surface area contributed by atoms with Crippen LogP contribution in [0, 0.1) is 13.8 Å². The summed E-state index contributed by atoms with van der Waals surface area (Å²) in [6, 6.07) is 22.4. The standard InChI is InChI=1S/C27H26N/c1-18-14-21-10-7-11-22(21)17-26(18)27-25-13-12-23(20-8-5-4-6-9-20)16-24(25)15-19(2)28(27)3/h4-6,8-9,12-17H,7,10-11H2,1-3H3/q+1/i15D. The lowest BCUT2D eigenvalue weighted by atomic mass is 9.93. The molecule has 0 saturated carbocycles. The first-order valence-electron chi connectivity index (χ1n) is 10.7. The smallest absolute Gasteiger partial charge is 0.198 e. The van der Waals surface area contributed by atoms with Crippen LogP contribution in [0.5, 0.6) is 0 Å². The number of fused-ring (bicyclic) bond motifs is 2. The van der Waals surface area contributed by atoms with Crippen molar-refractivity contribution in [3.05, 3.63) is 89.1 Å². The number of nitrogens with zero attached hydrogens (tertiary/aromatic N) is 1. The number of benzene rings is 3. The third kappa shape index (κ3) is 2.74. The molecule has 138 valence electrons. The summed E-state index contributed by atoms with van der Waals surface area (Å²) in [4.78, 5) is 0. The summed E-state index contributed by atoms with van der Waals surface area (Å²) in [6.45, 7) is 4.28. The fourth-order valence-electron chi connectivity index (χ4n) is 4.62. The van der Waals surface area contributed by atoms with Crippen LogP contribution in [0.1, 0.15) is 30.2 Å². The molecule has 1 heteroatoms. The highest BCUT2D eigenvalue weighted by molar-refractivity contribution is 5.96. The van der Waals surface area contributed by atoms with Gasteiger partial charge in [0.2, 0.25) is 5.69 Å². The molecule has 1 aliphatic rings. The van der Waals surface area contributed by atoms with Gasteiger partial charge in [-0.3, -0.25) is 0 Å². The quantitative estimate of drug-likeness (QED) is 0.378. The van der Waals surface area contributed by atoms with Crippen molar-refractivity contribution in [1.82, 2.24) is 0 Å². The van der Waals surface area contributed by atoms with Crippen molar-refractivity contribution in [3.8, 4) is 22.4 Å². The minimum Gasteiger partial charge on any atom is -0.198 e. The van der Waals surface area contributed by atoms with Crippen LogP contribution >= 0.6 is 0 Å². The Morgan fingerprint density at radius 2 is 1.61 bits per heavy atom. The molecule has 28 heavy (non-hydrogen) atoms. The second-order valence-electron chi connectivity index (χ2n) is 8.03. The van der Waals surface area contributed by atoms with Crippen molar-refractivity contribution in [2.75, 3.05) is 0 Å². The van der Waals surface area contributed by atoms with Gasteiger partial charge in [0, 0.05) is 13.0 Å². The van der Waals surface area contributed by atoms with E-state index in [9.17, 15) is 0 Å². The maximum atomic E-state index is 8.80. The summed E-state index contributed by atoms with van der Waals surface area (Å²) < 4.78 is 11.0. The first-order chi connectivity index (χ1) is 14.0. The molecule has 0 fully saturated rings. The minimum atomic E-state index is 0.614. The first-order valence-corrected chi connectivity index (χ1v) is 10.2. The molecule has 0 atom stereocenters. The molecule has 1 nitrogen and oxygen atoms in total. The highest BCUT2D eigenvalue weighted by Gasteiger charge is 2.22. The van der Waals surface area contributed by atoms with E-state index in [-0.39, 0.29) is 0 Å². The van der Waals surface area contributed by atoms with E-state index in [4.69, 9.17) is 1.37 Å². The molecule has 0 aliphatic heterocycles. The van der Waals surface area contributed by atoms with Crippen molar-refractivity contribution >= 4 is 10.8 Å². The molecule has 5 rings (SSSR count). The third-order valence-electron chi connectivity index (χ3n) is 6.23. The third-order valence-corrected chi connectivity index (χ3v) is 6.23. The Labute approximate surface area is 168 Å². The fraction of sp³-hybridized carbons (Fsp3) is 0.222. The van der Waals surface area contributed by atoms with Gasteiger partial charge < -0.3 is 0 Å². The van der Waals surface area contributed by atoms with E-state index < -0.39 is 0 Å². The molecule has 0 unspecified atom stereocenters. The van der Waals surface area contributed by atoms with E-state index in [1.165, 1.54) is 52.8 Å². The van der Waals surface area contributed by atoms with Crippen LogP contribution < -0.4 is 4.57 Å². The van der Waals surface area contributed by atoms with Crippen molar-refractivity contribution in [3.63, 3.8) is 0 Å². The van der Waals surface area contributed by atoms with Crippen molar-refractivity contribution in [2.24, 2.45) is 7.05 Å². The van der Waals surface area contributed by atoms with E-state index in [1.807, 2.05) is 6.07 Å². The van der Waals surface area contributed by atoms with Crippen LogP contribution in [0.25, 0.3) is 33.2 Å². The van der Waals surface area contributed by atoms with Gasteiger partial charge in [-0.15, -0.1) is 0 Å². The zero-order valence-corrected chi connectivity index (χ0v) is 16.8. The van der Waals surface area contributed by atoms with Crippen molar-refractivity contribution < 1.29 is 5.94 Å². The fourth-order valence-corrected chi connectivity index (χ4v) is 4.62. The maximum absolute atomic E-state index is 8.80. The van der Waals surface area contributed by atoms with Crippen molar-refractivity contribution in [1.29, 1.82) is 0 Å². The Bertz CT molecular complexity index is 1260. The Morgan fingerprint density at radius 3 is 2.39 bits per heavy atom. The highest BCUT2D eigenvalue weighted by Crippen LogP contribution is 2.35. The van der Waals surface area contributed by atoms with Gasteiger partial charge >= 0.3 is 0 Å². The van der Waals surface area contributed by atoms with Gasteiger partial charge in [0.1, 0.15) is 7.05 Å². The van der Waals surface area contributed by atoms with E-state index >= 15 is 0 Å². The Morgan fingerprint density at radius 1 is 0.857 bits per heavy atom. The Balaban J connectivity index is 1.81. The molecule has 1 aromatic heterocycles. The molecule has 1 aliphatic carbocycles. The van der Waals surface area contributed by atoms with Gasteiger partial charge in [0.25, 0.3) is 0 Å². The molecular formula is C27H26N+. The maximum Gasteiger partial charge on any atom is 0.220 e. The number of aryl methyl sites for hydroxylation is 3. The van der Waals surface area contributed by atoms with Gasteiger partial charge in [0.15, 0.2) is 5.69 Å². The van der Waals surface area contributed by atoms with E-state index in [2.05, 4.69) is 80.1 Å². The normalized spacial score (nSPS) is 13.6. The summed E-state index contributed by atoms with van der Waals surface area (Å²) in [5, 5.41) is 2.18. The van der Waals surface area contributed by atoms with Crippen molar-refractivity contribution in [2.45, 2.75) is 33.1 Å². The summed E-state index contributed by atoms with van der Waals surface area (Å²) >= 11 is 0. The summed E-state index contributed by atoms with van der Waals surface area (Å²) in [5.74, 6) is 0. The van der Waals surface area contributed by atoms with Crippen LogP contribution in [-0.4, -0.2) is 0 Å². The molecule has 0 saturated heterocycles. The van der Waals surface area contributed by atoms with Crippen LogP contribution in [0.2, 0.25) is 0 Å². The topological polar surface area (TPSA) is 3.88 Å².